The van der Waals surface area contributed by atoms with Crippen LogP contribution in [0.3, 0.4) is 0 Å². The molecule has 1 heterocycles. The molecule has 8 heteroatoms. The van der Waals surface area contributed by atoms with Gasteiger partial charge in [-0.25, -0.2) is 0 Å². The van der Waals surface area contributed by atoms with Gasteiger partial charge in [0.05, 0.1) is 12.1 Å². The third kappa shape index (κ3) is 11.1. The molecule has 5 atom stereocenters. The Hall–Kier alpha value is -2.45. The van der Waals surface area contributed by atoms with E-state index in [9.17, 15) is 19.5 Å². The summed E-state index contributed by atoms with van der Waals surface area (Å²) in [6.07, 6.45) is 3.60. The van der Waals surface area contributed by atoms with Gasteiger partial charge < -0.3 is 25.8 Å². The van der Waals surface area contributed by atoms with E-state index >= 15 is 0 Å². The van der Waals surface area contributed by atoms with Crippen molar-refractivity contribution < 1.29 is 24.2 Å². The smallest absolute Gasteiger partial charge is 0.243 e. The van der Waals surface area contributed by atoms with Crippen molar-refractivity contribution >= 4 is 17.7 Å². The van der Waals surface area contributed by atoms with Crippen LogP contribution < -0.4 is 16.0 Å². The van der Waals surface area contributed by atoms with Gasteiger partial charge in [0.1, 0.15) is 6.04 Å². The lowest BCUT2D eigenvalue weighted by atomic mass is 9.91. The Morgan fingerprint density at radius 1 is 1.00 bits per heavy atom. The van der Waals surface area contributed by atoms with Crippen molar-refractivity contribution in [2.75, 3.05) is 13.2 Å². The van der Waals surface area contributed by atoms with Crippen LogP contribution in [0, 0.1) is 17.8 Å². The van der Waals surface area contributed by atoms with Crippen molar-refractivity contribution in [1.29, 1.82) is 0 Å². The molecule has 1 aromatic rings. The number of hydrogen-bond donors (Lipinski definition) is 4. The van der Waals surface area contributed by atoms with Gasteiger partial charge in [0.15, 0.2) is 0 Å². The zero-order chi connectivity index (χ0) is 28.1. The summed E-state index contributed by atoms with van der Waals surface area (Å²) in [6, 6.07) is 8.39. The first-order valence-corrected chi connectivity index (χ1v) is 14.3. The first-order valence-electron chi connectivity index (χ1n) is 14.3. The van der Waals surface area contributed by atoms with Crippen molar-refractivity contribution in [1.82, 2.24) is 16.0 Å². The number of aliphatic hydroxyl groups is 1. The number of carbonyl (C=O) groups excluding carboxylic acids is 3. The van der Waals surface area contributed by atoms with Crippen molar-refractivity contribution in [3.05, 3.63) is 35.9 Å². The van der Waals surface area contributed by atoms with Gasteiger partial charge in [-0.2, -0.15) is 0 Å². The Morgan fingerprint density at radius 2 is 1.66 bits per heavy atom. The summed E-state index contributed by atoms with van der Waals surface area (Å²) in [5.74, 6) is -0.262. The molecular weight excluding hydrogens is 482 g/mol. The minimum Gasteiger partial charge on any atom is -0.391 e. The van der Waals surface area contributed by atoms with Crippen LogP contribution in [0.15, 0.2) is 30.3 Å². The highest BCUT2D eigenvalue weighted by atomic mass is 16.5. The quantitative estimate of drug-likeness (QED) is 0.277. The fourth-order valence-corrected chi connectivity index (χ4v) is 4.86. The van der Waals surface area contributed by atoms with Crippen molar-refractivity contribution in [3.63, 3.8) is 0 Å². The largest absolute Gasteiger partial charge is 0.391 e. The lowest BCUT2D eigenvalue weighted by Gasteiger charge is -2.32. The zero-order valence-corrected chi connectivity index (χ0v) is 23.9. The molecule has 1 aliphatic heterocycles. The lowest BCUT2D eigenvalue weighted by Crippen LogP contribution is -2.54. The molecular formula is C30H49N3O5. The van der Waals surface area contributed by atoms with Crippen LogP contribution in [0.2, 0.25) is 0 Å². The summed E-state index contributed by atoms with van der Waals surface area (Å²) in [5, 5.41) is 20.5. The minimum absolute atomic E-state index is 0.0286. The fraction of sp³-hybridized carbons (Fsp3) is 0.700. The molecule has 4 unspecified atom stereocenters. The standard InChI is InChI=1S/C30H49N3O5/c1-6-21(4)28(31-22(5)34)30(37)32-25(13-12-20(2)3)19-27(35)26(18-23-10-8-7-9-11-23)33-29(36)24-14-16-38-17-15-24/h7-11,20-21,24-28,35H,6,12-19H2,1-5H3,(H,31,34)(H,32,37)(H,33,36)/t21?,25?,26?,27-,28?/m0/s1. The molecule has 1 saturated heterocycles. The predicted octanol–water partition coefficient (Wildman–Crippen LogP) is 3.36. The van der Waals surface area contributed by atoms with Gasteiger partial charge in [0.25, 0.3) is 0 Å². The van der Waals surface area contributed by atoms with Crippen LogP contribution >= 0.6 is 0 Å². The maximum Gasteiger partial charge on any atom is 0.243 e. The second kappa shape index (κ2) is 16.5. The van der Waals surface area contributed by atoms with Gasteiger partial charge in [-0.3, -0.25) is 14.4 Å². The average molecular weight is 532 g/mol. The highest BCUT2D eigenvalue weighted by Gasteiger charge is 2.31. The van der Waals surface area contributed by atoms with E-state index in [1.165, 1.54) is 6.92 Å². The first-order chi connectivity index (χ1) is 18.1. The number of rotatable bonds is 15. The Kier molecular flexibility index (Phi) is 13.8. The molecule has 1 aromatic carbocycles. The van der Waals surface area contributed by atoms with E-state index in [0.29, 0.717) is 51.2 Å². The number of hydrogen-bond acceptors (Lipinski definition) is 5. The molecule has 0 aromatic heterocycles. The second-order valence-electron chi connectivity index (χ2n) is 11.2. The normalized spacial score (nSPS) is 18.2. The van der Waals surface area contributed by atoms with Gasteiger partial charge >= 0.3 is 0 Å². The molecule has 38 heavy (non-hydrogen) atoms. The van der Waals surface area contributed by atoms with Crippen LogP contribution in [0.4, 0.5) is 0 Å². The average Bonchev–Trinajstić information content (AvgIpc) is 2.90. The van der Waals surface area contributed by atoms with Crippen LogP contribution in [0.1, 0.15) is 78.7 Å². The molecule has 0 radical (unpaired) electrons. The Bertz CT molecular complexity index is 857. The van der Waals surface area contributed by atoms with E-state index in [1.807, 2.05) is 44.2 Å². The Labute approximate surface area is 228 Å². The number of ether oxygens (including phenoxy) is 1. The summed E-state index contributed by atoms with van der Waals surface area (Å²) < 4.78 is 5.41. The number of amides is 3. The maximum absolute atomic E-state index is 13.3. The third-order valence-electron chi connectivity index (χ3n) is 7.50. The molecule has 1 fully saturated rings. The van der Waals surface area contributed by atoms with E-state index < -0.39 is 18.2 Å². The van der Waals surface area contributed by atoms with E-state index in [1.54, 1.807) is 0 Å². The molecule has 0 aliphatic carbocycles. The molecule has 2 rings (SSSR count). The SMILES string of the molecule is CCC(C)C(NC(C)=O)C(=O)NC(CCC(C)C)C[C@H](O)C(Cc1ccccc1)NC(=O)C1CCOCC1. The van der Waals surface area contributed by atoms with Gasteiger partial charge in [-0.05, 0) is 55.9 Å². The second-order valence-corrected chi connectivity index (χ2v) is 11.2. The van der Waals surface area contributed by atoms with Crippen molar-refractivity contribution in [3.8, 4) is 0 Å². The highest BCUT2D eigenvalue weighted by Crippen LogP contribution is 2.19. The highest BCUT2D eigenvalue weighted by molar-refractivity contribution is 5.87. The van der Waals surface area contributed by atoms with Crippen molar-refractivity contribution in [2.24, 2.45) is 17.8 Å². The molecule has 1 aliphatic rings. The summed E-state index contributed by atoms with van der Waals surface area (Å²) in [4.78, 5) is 38.1. The van der Waals surface area contributed by atoms with E-state index in [4.69, 9.17) is 4.74 Å². The van der Waals surface area contributed by atoms with E-state index in [2.05, 4.69) is 29.8 Å². The topological polar surface area (TPSA) is 117 Å². The Morgan fingerprint density at radius 3 is 2.24 bits per heavy atom. The van der Waals surface area contributed by atoms with Gasteiger partial charge in [-0.1, -0.05) is 64.4 Å². The number of carbonyl (C=O) groups is 3. The Balaban J connectivity index is 2.19. The van der Waals surface area contributed by atoms with Crippen LogP contribution in [0.25, 0.3) is 0 Å². The fourth-order valence-electron chi connectivity index (χ4n) is 4.86. The van der Waals surface area contributed by atoms with Gasteiger partial charge in [0, 0.05) is 32.1 Å². The molecule has 0 bridgehead atoms. The predicted molar refractivity (Wildman–Crippen MR) is 149 cm³/mol. The number of benzene rings is 1. The van der Waals surface area contributed by atoms with E-state index in [0.717, 1.165) is 18.4 Å². The molecule has 0 spiro atoms. The maximum atomic E-state index is 13.3. The molecule has 214 valence electrons. The first kappa shape index (κ1) is 31.8. The minimum atomic E-state index is -0.862. The van der Waals surface area contributed by atoms with E-state index in [-0.39, 0.29) is 35.6 Å². The lowest BCUT2D eigenvalue weighted by molar-refractivity contribution is -0.130. The van der Waals surface area contributed by atoms with Gasteiger partial charge in [0.2, 0.25) is 17.7 Å². The molecule has 3 amide bonds. The van der Waals surface area contributed by atoms with Crippen LogP contribution in [-0.2, 0) is 25.5 Å². The van der Waals surface area contributed by atoms with Crippen molar-refractivity contribution in [2.45, 2.75) is 104 Å². The number of nitrogens with one attached hydrogen (secondary N) is 3. The third-order valence-corrected chi connectivity index (χ3v) is 7.50. The zero-order valence-electron chi connectivity index (χ0n) is 23.9. The number of aliphatic hydroxyl groups excluding tert-OH is 1. The molecule has 0 saturated carbocycles. The summed E-state index contributed by atoms with van der Waals surface area (Å²) in [6.45, 7) is 10.7. The summed E-state index contributed by atoms with van der Waals surface area (Å²) in [5.41, 5.74) is 1.02. The van der Waals surface area contributed by atoms with Gasteiger partial charge in [-0.15, -0.1) is 0 Å². The molecule has 4 N–H and O–H groups in total. The van der Waals surface area contributed by atoms with Crippen LogP contribution in [0.5, 0.6) is 0 Å². The monoisotopic (exact) mass is 531 g/mol. The molecule has 8 nitrogen and oxygen atoms in total. The van der Waals surface area contributed by atoms with Crippen LogP contribution in [-0.4, -0.2) is 60.3 Å². The summed E-state index contributed by atoms with van der Waals surface area (Å²) >= 11 is 0. The summed E-state index contributed by atoms with van der Waals surface area (Å²) in [7, 11) is 0.